The lowest BCUT2D eigenvalue weighted by Crippen LogP contribution is -2.54. The molecule has 0 bridgehead atoms. The number of carbonyl (C=O) groups is 1. The summed E-state index contributed by atoms with van der Waals surface area (Å²) in [6.45, 7) is 2.18. The van der Waals surface area contributed by atoms with Crippen molar-refractivity contribution in [3.63, 3.8) is 0 Å². The molecule has 31 heavy (non-hydrogen) atoms. The fourth-order valence-corrected chi connectivity index (χ4v) is 3.88. The molecule has 1 fully saturated rings. The number of aromatic nitrogens is 3. The highest BCUT2D eigenvalue weighted by Crippen LogP contribution is 2.32. The number of carboxylic acids is 1. The van der Waals surface area contributed by atoms with Gasteiger partial charge in [-0.1, -0.05) is 18.2 Å². The standard InChI is InChI=1S/C24H22N4O3/c29-24(30)21-4-3-5-22(23(21)27-11-1-2-12-27)28-15-20(16-28)31-19-8-6-18(7-9-19)14-26-13-10-25-17-26/h1-13,17,20H,14-16H2,(H,29,30). The molecule has 2 aromatic carbocycles. The number of aromatic carboxylic acids is 1. The molecule has 7 nitrogen and oxygen atoms in total. The van der Waals surface area contributed by atoms with E-state index in [1.165, 1.54) is 5.56 Å². The van der Waals surface area contributed by atoms with Crippen molar-refractivity contribution in [2.75, 3.05) is 18.0 Å². The molecule has 1 aliphatic heterocycles. The van der Waals surface area contributed by atoms with Crippen LogP contribution in [0.1, 0.15) is 15.9 Å². The Labute approximate surface area is 179 Å². The lowest BCUT2D eigenvalue weighted by atomic mass is 10.1. The van der Waals surface area contributed by atoms with Gasteiger partial charge in [0.25, 0.3) is 0 Å². The molecule has 0 atom stereocenters. The molecule has 0 radical (unpaired) electrons. The summed E-state index contributed by atoms with van der Waals surface area (Å²) in [7, 11) is 0. The first-order chi connectivity index (χ1) is 15.2. The summed E-state index contributed by atoms with van der Waals surface area (Å²) in [5.41, 5.74) is 3.04. The van der Waals surface area contributed by atoms with E-state index in [1.54, 1.807) is 24.7 Å². The second kappa shape index (κ2) is 8.02. The molecule has 3 heterocycles. The summed E-state index contributed by atoms with van der Waals surface area (Å²) in [5.74, 6) is -0.0985. The van der Waals surface area contributed by atoms with Gasteiger partial charge in [0.1, 0.15) is 11.9 Å². The van der Waals surface area contributed by atoms with Crippen molar-refractivity contribution in [3.05, 3.63) is 96.8 Å². The van der Waals surface area contributed by atoms with Gasteiger partial charge in [0.15, 0.2) is 0 Å². The van der Waals surface area contributed by atoms with Gasteiger partial charge in [0, 0.05) is 31.3 Å². The van der Waals surface area contributed by atoms with E-state index in [4.69, 9.17) is 4.74 Å². The minimum Gasteiger partial charge on any atom is -0.487 e. The van der Waals surface area contributed by atoms with Crippen molar-refractivity contribution in [3.8, 4) is 11.4 Å². The van der Waals surface area contributed by atoms with Crippen LogP contribution in [0.2, 0.25) is 0 Å². The third kappa shape index (κ3) is 3.90. The summed E-state index contributed by atoms with van der Waals surface area (Å²) in [6.07, 6.45) is 9.30. The molecule has 0 aliphatic carbocycles. The van der Waals surface area contributed by atoms with Crippen molar-refractivity contribution in [1.29, 1.82) is 0 Å². The van der Waals surface area contributed by atoms with E-state index in [2.05, 4.69) is 22.0 Å². The Morgan fingerprint density at radius 2 is 1.81 bits per heavy atom. The zero-order valence-electron chi connectivity index (χ0n) is 16.8. The highest BCUT2D eigenvalue weighted by molar-refractivity contribution is 5.95. The number of para-hydroxylation sites is 1. The van der Waals surface area contributed by atoms with Crippen LogP contribution < -0.4 is 9.64 Å². The molecule has 5 rings (SSSR count). The van der Waals surface area contributed by atoms with Crippen LogP contribution >= 0.6 is 0 Å². The van der Waals surface area contributed by atoms with Gasteiger partial charge in [0.2, 0.25) is 0 Å². The second-order valence-electron chi connectivity index (χ2n) is 7.59. The topological polar surface area (TPSA) is 72.5 Å². The summed E-state index contributed by atoms with van der Waals surface area (Å²) in [5, 5.41) is 9.65. The number of hydrogen-bond donors (Lipinski definition) is 1. The highest BCUT2D eigenvalue weighted by Gasteiger charge is 2.31. The number of anilines is 1. The number of imidazole rings is 1. The molecule has 0 spiro atoms. The third-order valence-electron chi connectivity index (χ3n) is 5.45. The number of ether oxygens (including phenoxy) is 1. The lowest BCUT2D eigenvalue weighted by molar-refractivity contribution is 0.0697. The Kier molecular flexibility index (Phi) is 4.92. The molecule has 2 aromatic heterocycles. The van der Waals surface area contributed by atoms with Crippen molar-refractivity contribution in [1.82, 2.24) is 14.1 Å². The maximum atomic E-state index is 11.8. The predicted octanol–water partition coefficient (Wildman–Crippen LogP) is 3.69. The van der Waals surface area contributed by atoms with Gasteiger partial charge >= 0.3 is 5.97 Å². The zero-order chi connectivity index (χ0) is 21.2. The summed E-state index contributed by atoms with van der Waals surface area (Å²) < 4.78 is 9.99. The second-order valence-corrected chi connectivity index (χ2v) is 7.59. The van der Waals surface area contributed by atoms with Crippen LogP contribution in [0, 0.1) is 0 Å². The molecule has 1 aliphatic rings. The number of benzene rings is 2. The van der Waals surface area contributed by atoms with Gasteiger partial charge in [-0.2, -0.15) is 0 Å². The minimum atomic E-state index is -0.936. The molecule has 7 heteroatoms. The maximum Gasteiger partial charge on any atom is 0.337 e. The fourth-order valence-electron chi connectivity index (χ4n) is 3.88. The van der Waals surface area contributed by atoms with Gasteiger partial charge < -0.3 is 23.9 Å². The Bertz CT molecular complexity index is 1160. The van der Waals surface area contributed by atoms with Crippen LogP contribution in [-0.4, -0.2) is 44.4 Å². The molecule has 156 valence electrons. The Morgan fingerprint density at radius 1 is 1.03 bits per heavy atom. The normalized spacial score (nSPS) is 13.7. The number of rotatable bonds is 7. The van der Waals surface area contributed by atoms with Gasteiger partial charge in [0.05, 0.1) is 36.4 Å². The van der Waals surface area contributed by atoms with E-state index in [-0.39, 0.29) is 11.7 Å². The summed E-state index contributed by atoms with van der Waals surface area (Å²) >= 11 is 0. The molecule has 0 saturated carbocycles. The SMILES string of the molecule is O=C(O)c1cccc(N2CC(Oc3ccc(Cn4ccnc4)cc3)C2)c1-n1cccc1. The van der Waals surface area contributed by atoms with E-state index >= 15 is 0 Å². The first-order valence-corrected chi connectivity index (χ1v) is 10.1. The van der Waals surface area contributed by atoms with Crippen LogP contribution in [0.4, 0.5) is 5.69 Å². The average molecular weight is 414 g/mol. The molecule has 1 saturated heterocycles. The molecule has 4 aromatic rings. The quantitative estimate of drug-likeness (QED) is 0.499. The van der Waals surface area contributed by atoms with Crippen molar-refractivity contribution in [2.24, 2.45) is 0 Å². The number of hydrogen-bond acceptors (Lipinski definition) is 4. The van der Waals surface area contributed by atoms with Crippen molar-refractivity contribution < 1.29 is 14.6 Å². The van der Waals surface area contributed by atoms with Crippen LogP contribution in [0.15, 0.2) is 85.7 Å². The van der Waals surface area contributed by atoms with Crippen molar-refractivity contribution in [2.45, 2.75) is 12.6 Å². The van der Waals surface area contributed by atoms with Crippen LogP contribution in [0.3, 0.4) is 0 Å². The number of carboxylic acid groups (broad SMARTS) is 1. The Hall–Kier alpha value is -4.00. The van der Waals surface area contributed by atoms with E-state index in [0.29, 0.717) is 18.8 Å². The van der Waals surface area contributed by atoms with Crippen LogP contribution in [0.5, 0.6) is 5.75 Å². The van der Waals surface area contributed by atoms with Gasteiger partial charge in [-0.25, -0.2) is 9.78 Å². The largest absolute Gasteiger partial charge is 0.487 e. The predicted molar refractivity (Wildman–Crippen MR) is 117 cm³/mol. The first-order valence-electron chi connectivity index (χ1n) is 10.1. The fraction of sp³-hybridized carbons (Fsp3) is 0.167. The molecular weight excluding hydrogens is 392 g/mol. The minimum absolute atomic E-state index is 0.0606. The molecule has 0 unspecified atom stereocenters. The van der Waals surface area contributed by atoms with Gasteiger partial charge in [-0.3, -0.25) is 0 Å². The van der Waals surface area contributed by atoms with E-state index in [9.17, 15) is 9.90 Å². The lowest BCUT2D eigenvalue weighted by Gasteiger charge is -2.41. The van der Waals surface area contributed by atoms with Crippen LogP contribution in [-0.2, 0) is 6.54 Å². The van der Waals surface area contributed by atoms with Gasteiger partial charge in [-0.05, 0) is 42.0 Å². The van der Waals surface area contributed by atoms with Crippen molar-refractivity contribution >= 4 is 11.7 Å². The molecule has 1 N–H and O–H groups in total. The summed E-state index contributed by atoms with van der Waals surface area (Å²) in [4.78, 5) is 18.0. The van der Waals surface area contributed by atoms with Gasteiger partial charge in [-0.15, -0.1) is 0 Å². The highest BCUT2D eigenvalue weighted by atomic mass is 16.5. The zero-order valence-corrected chi connectivity index (χ0v) is 16.8. The monoisotopic (exact) mass is 414 g/mol. The maximum absolute atomic E-state index is 11.8. The van der Waals surface area contributed by atoms with Crippen LogP contribution in [0.25, 0.3) is 5.69 Å². The summed E-state index contributed by atoms with van der Waals surface area (Å²) in [6, 6.07) is 17.3. The first kappa shape index (κ1) is 19.0. The van der Waals surface area contributed by atoms with E-state index < -0.39 is 5.97 Å². The number of nitrogens with zero attached hydrogens (tertiary/aromatic N) is 4. The molecular formula is C24H22N4O3. The Balaban J connectivity index is 1.26. The van der Waals surface area contributed by atoms with E-state index in [1.807, 2.05) is 58.1 Å². The average Bonchev–Trinajstić information content (AvgIpc) is 3.45. The molecule has 0 amide bonds. The Morgan fingerprint density at radius 3 is 2.48 bits per heavy atom. The van der Waals surface area contributed by atoms with E-state index in [0.717, 1.165) is 18.0 Å². The smallest absolute Gasteiger partial charge is 0.337 e. The third-order valence-corrected chi connectivity index (χ3v) is 5.45.